The van der Waals surface area contributed by atoms with Crippen LogP contribution in [0.15, 0.2) is 23.0 Å². The molecule has 3 rings (SSSR count). The van der Waals surface area contributed by atoms with Crippen LogP contribution in [0.25, 0.3) is 11.0 Å². The summed E-state index contributed by atoms with van der Waals surface area (Å²) in [6.07, 6.45) is 2.09. The molecule has 1 amide bonds. The number of carboxylic acid groups (broad SMARTS) is 1. The molecule has 1 aliphatic rings. The molecular weight excluding hydrogens is 450 g/mol. The lowest BCUT2D eigenvalue weighted by atomic mass is 9.69. The Bertz CT molecular complexity index is 1170. The first-order chi connectivity index (χ1) is 16.3. The molecule has 1 saturated carbocycles. The number of hydrogen-bond donors (Lipinski definition) is 2. The standard InChI is InChI=1S/C26H37N3O6/c1-15(2)18-9-7-16(3)13-19(18)22(30)29-20-10-8-17(23(31)32)14-21(20)28(25(29)34)12-11-27-24(33)35-26(4,5)6/h8,10,14-16,18-19H,7,9,11-13H2,1-6H3,(H,27,33)(H,31,32)/t16?,18-,19?/m0/s1. The average Bonchev–Trinajstić information content (AvgIpc) is 3.02. The van der Waals surface area contributed by atoms with Gasteiger partial charge in [-0.15, -0.1) is 0 Å². The summed E-state index contributed by atoms with van der Waals surface area (Å²) >= 11 is 0. The predicted molar refractivity (Wildman–Crippen MR) is 133 cm³/mol. The molecule has 1 fully saturated rings. The van der Waals surface area contributed by atoms with Crippen molar-refractivity contribution in [1.29, 1.82) is 0 Å². The van der Waals surface area contributed by atoms with Crippen LogP contribution in [-0.2, 0) is 11.3 Å². The topological polar surface area (TPSA) is 120 Å². The maximum absolute atomic E-state index is 13.8. The van der Waals surface area contributed by atoms with Crippen molar-refractivity contribution in [3.8, 4) is 0 Å². The van der Waals surface area contributed by atoms with E-state index < -0.39 is 23.4 Å². The highest BCUT2D eigenvalue weighted by Crippen LogP contribution is 2.39. The van der Waals surface area contributed by atoms with E-state index in [9.17, 15) is 24.3 Å². The second-order valence-corrected chi connectivity index (χ2v) is 11.0. The average molecular weight is 488 g/mol. The van der Waals surface area contributed by atoms with Gasteiger partial charge < -0.3 is 15.2 Å². The van der Waals surface area contributed by atoms with Crippen molar-refractivity contribution in [2.45, 2.75) is 73.0 Å². The van der Waals surface area contributed by atoms with Crippen molar-refractivity contribution in [2.24, 2.45) is 23.7 Å². The molecule has 9 nitrogen and oxygen atoms in total. The second-order valence-electron chi connectivity index (χ2n) is 11.0. The Morgan fingerprint density at radius 2 is 1.86 bits per heavy atom. The van der Waals surface area contributed by atoms with Crippen LogP contribution in [0.4, 0.5) is 4.79 Å². The van der Waals surface area contributed by atoms with Gasteiger partial charge in [0.2, 0.25) is 5.91 Å². The van der Waals surface area contributed by atoms with Crippen LogP contribution in [0.3, 0.4) is 0 Å². The lowest BCUT2D eigenvalue weighted by Crippen LogP contribution is -2.41. The van der Waals surface area contributed by atoms with E-state index in [0.29, 0.717) is 29.3 Å². The van der Waals surface area contributed by atoms with Gasteiger partial charge in [0.25, 0.3) is 0 Å². The van der Waals surface area contributed by atoms with Crippen molar-refractivity contribution < 1.29 is 24.2 Å². The van der Waals surface area contributed by atoms with Crippen molar-refractivity contribution in [3.05, 3.63) is 34.2 Å². The number of aromatic carboxylic acids is 1. The zero-order chi connectivity index (χ0) is 26.1. The summed E-state index contributed by atoms with van der Waals surface area (Å²) in [4.78, 5) is 51.0. The Labute approximate surface area is 205 Å². The minimum Gasteiger partial charge on any atom is -0.478 e. The van der Waals surface area contributed by atoms with Crippen molar-refractivity contribution in [1.82, 2.24) is 14.5 Å². The number of carbonyl (C=O) groups excluding carboxylic acids is 2. The minimum atomic E-state index is -1.13. The highest BCUT2D eigenvalue weighted by molar-refractivity contribution is 5.96. The molecular formula is C26H37N3O6. The third-order valence-electron chi connectivity index (χ3n) is 6.74. The van der Waals surface area contributed by atoms with E-state index in [-0.39, 0.29) is 36.4 Å². The van der Waals surface area contributed by atoms with Gasteiger partial charge in [-0.3, -0.25) is 9.36 Å². The third kappa shape index (κ3) is 5.94. The summed E-state index contributed by atoms with van der Waals surface area (Å²) in [5.41, 5.74) is -0.451. The number of nitrogens with zero attached hydrogens (tertiary/aromatic N) is 2. The highest BCUT2D eigenvalue weighted by Gasteiger charge is 2.37. The van der Waals surface area contributed by atoms with E-state index in [1.807, 2.05) is 0 Å². The van der Waals surface area contributed by atoms with Gasteiger partial charge in [0.05, 0.1) is 16.6 Å². The van der Waals surface area contributed by atoms with Gasteiger partial charge in [-0.1, -0.05) is 27.2 Å². The Balaban J connectivity index is 2.00. The van der Waals surface area contributed by atoms with Gasteiger partial charge >= 0.3 is 17.8 Å². The molecule has 0 aliphatic heterocycles. The first-order valence-corrected chi connectivity index (χ1v) is 12.3. The predicted octanol–water partition coefficient (Wildman–Crippen LogP) is 4.37. The number of aromatic nitrogens is 2. The fourth-order valence-electron chi connectivity index (χ4n) is 5.05. The number of rotatable bonds is 6. The summed E-state index contributed by atoms with van der Waals surface area (Å²) in [5, 5.41) is 12.1. The van der Waals surface area contributed by atoms with E-state index in [2.05, 4.69) is 26.1 Å². The number of benzene rings is 1. The van der Waals surface area contributed by atoms with Crippen molar-refractivity contribution in [3.63, 3.8) is 0 Å². The molecule has 0 radical (unpaired) electrons. The molecule has 0 spiro atoms. The van der Waals surface area contributed by atoms with E-state index in [0.717, 1.165) is 12.8 Å². The lowest BCUT2D eigenvalue weighted by molar-refractivity contribution is 0.0524. The van der Waals surface area contributed by atoms with Crippen LogP contribution in [-0.4, -0.2) is 44.4 Å². The highest BCUT2D eigenvalue weighted by atomic mass is 16.6. The molecule has 1 aromatic heterocycles. The lowest BCUT2D eigenvalue weighted by Gasteiger charge is -2.36. The Hall–Kier alpha value is -3.10. The van der Waals surface area contributed by atoms with Gasteiger partial charge in [0, 0.05) is 19.0 Å². The summed E-state index contributed by atoms with van der Waals surface area (Å²) in [6.45, 7) is 11.7. The van der Waals surface area contributed by atoms with E-state index >= 15 is 0 Å². The molecule has 2 N–H and O–H groups in total. The Morgan fingerprint density at radius 3 is 2.46 bits per heavy atom. The number of hydrogen-bond acceptors (Lipinski definition) is 5. The Kier molecular flexibility index (Phi) is 7.77. The zero-order valence-electron chi connectivity index (χ0n) is 21.5. The number of ether oxygens (including phenoxy) is 1. The summed E-state index contributed by atoms with van der Waals surface area (Å²) in [5.74, 6) is -0.785. The van der Waals surface area contributed by atoms with Crippen LogP contribution >= 0.6 is 0 Å². The zero-order valence-corrected chi connectivity index (χ0v) is 21.5. The van der Waals surface area contributed by atoms with Gasteiger partial charge in [-0.2, -0.15) is 0 Å². The SMILES string of the molecule is CC1CC[C@@H](C(C)C)C(C(=O)n2c(=O)n(CCNC(=O)OC(C)(C)C)c3cc(C(=O)O)ccc32)C1. The van der Waals surface area contributed by atoms with Crippen molar-refractivity contribution in [2.75, 3.05) is 6.54 Å². The molecule has 0 bridgehead atoms. The number of carboxylic acids is 1. The van der Waals surface area contributed by atoms with Crippen LogP contribution in [0.5, 0.6) is 0 Å². The van der Waals surface area contributed by atoms with E-state index in [1.54, 1.807) is 20.8 Å². The third-order valence-corrected chi connectivity index (χ3v) is 6.74. The van der Waals surface area contributed by atoms with Crippen LogP contribution in [0.2, 0.25) is 0 Å². The van der Waals surface area contributed by atoms with Crippen LogP contribution < -0.4 is 11.0 Å². The first-order valence-electron chi connectivity index (χ1n) is 12.3. The molecule has 1 heterocycles. The molecule has 35 heavy (non-hydrogen) atoms. The van der Waals surface area contributed by atoms with Gasteiger partial charge in [0.15, 0.2) is 0 Å². The fraction of sp³-hybridized carbons (Fsp3) is 0.615. The number of carbonyl (C=O) groups is 3. The monoisotopic (exact) mass is 487 g/mol. The van der Waals surface area contributed by atoms with Gasteiger partial charge in [0.1, 0.15) is 5.60 Å². The fourth-order valence-corrected chi connectivity index (χ4v) is 5.05. The molecule has 1 aliphatic carbocycles. The number of nitrogens with one attached hydrogen (secondary N) is 1. The quantitative estimate of drug-likeness (QED) is 0.624. The largest absolute Gasteiger partial charge is 0.478 e. The molecule has 0 saturated heterocycles. The number of alkyl carbamates (subject to hydrolysis) is 1. The molecule has 192 valence electrons. The van der Waals surface area contributed by atoms with E-state index in [1.165, 1.54) is 27.3 Å². The molecule has 2 aromatic rings. The normalized spacial score (nSPS) is 20.7. The number of fused-ring (bicyclic) bond motifs is 1. The summed E-state index contributed by atoms with van der Waals surface area (Å²) < 4.78 is 7.79. The summed E-state index contributed by atoms with van der Waals surface area (Å²) in [6, 6.07) is 4.33. The summed E-state index contributed by atoms with van der Waals surface area (Å²) in [7, 11) is 0. The van der Waals surface area contributed by atoms with Gasteiger partial charge in [-0.05, 0) is 69.6 Å². The minimum absolute atomic E-state index is 0.0160. The van der Waals surface area contributed by atoms with Crippen LogP contribution in [0.1, 0.15) is 76.0 Å². The number of imidazole rings is 1. The molecule has 2 unspecified atom stereocenters. The van der Waals surface area contributed by atoms with E-state index in [4.69, 9.17) is 4.74 Å². The maximum atomic E-state index is 13.8. The molecule has 9 heteroatoms. The van der Waals surface area contributed by atoms with Gasteiger partial charge in [-0.25, -0.2) is 19.0 Å². The maximum Gasteiger partial charge on any atom is 0.407 e. The number of amides is 1. The molecule has 1 aromatic carbocycles. The smallest absolute Gasteiger partial charge is 0.407 e. The Morgan fingerprint density at radius 1 is 1.17 bits per heavy atom. The molecule has 3 atom stereocenters. The van der Waals surface area contributed by atoms with Crippen LogP contribution in [0, 0.1) is 23.7 Å². The first kappa shape index (κ1) is 26.5. The second kappa shape index (κ2) is 10.3. The van der Waals surface area contributed by atoms with Crippen molar-refractivity contribution >= 4 is 29.0 Å².